The van der Waals surface area contributed by atoms with Gasteiger partial charge in [-0.2, -0.15) is 0 Å². The number of aryl methyl sites for hydroxylation is 1. The molecule has 1 nitrogen and oxygen atoms in total. The molecule has 0 spiro atoms. The summed E-state index contributed by atoms with van der Waals surface area (Å²) in [5, 5.41) is 0.813. The second-order valence-corrected chi connectivity index (χ2v) is 5.72. The van der Waals surface area contributed by atoms with Crippen molar-refractivity contribution in [1.29, 1.82) is 0 Å². The minimum Gasteiger partial charge on any atom is -0.288 e. The van der Waals surface area contributed by atoms with E-state index < -0.39 is 5.82 Å². The maximum Gasteiger partial charge on any atom is 0.203 e. The fourth-order valence-corrected chi connectivity index (χ4v) is 3.18. The standard InChI is InChI=1S/C16H10F2OS/c1-9-4-11(6-13(18)5-9)16(19)15-7-10-2-3-12(17)8-14(10)20-15/h2-8H,1H3. The van der Waals surface area contributed by atoms with Crippen LogP contribution in [0.3, 0.4) is 0 Å². The number of thiophene rings is 1. The fourth-order valence-electron chi connectivity index (χ4n) is 2.13. The molecule has 3 aromatic rings. The lowest BCUT2D eigenvalue weighted by molar-refractivity contribution is 0.104. The van der Waals surface area contributed by atoms with E-state index >= 15 is 0 Å². The number of fused-ring (bicyclic) bond motifs is 1. The SMILES string of the molecule is Cc1cc(F)cc(C(=O)c2cc3ccc(F)cc3s2)c1. The van der Waals surface area contributed by atoms with Gasteiger partial charge in [-0.05, 0) is 54.3 Å². The summed E-state index contributed by atoms with van der Waals surface area (Å²) in [4.78, 5) is 12.8. The average molecular weight is 288 g/mol. The van der Waals surface area contributed by atoms with Gasteiger partial charge in [-0.1, -0.05) is 6.07 Å². The van der Waals surface area contributed by atoms with Crippen LogP contribution >= 0.6 is 11.3 Å². The third kappa shape index (κ3) is 2.34. The Labute approximate surface area is 118 Å². The third-order valence-electron chi connectivity index (χ3n) is 3.01. The van der Waals surface area contributed by atoms with Crippen molar-refractivity contribution >= 4 is 27.2 Å². The van der Waals surface area contributed by atoms with Gasteiger partial charge in [-0.3, -0.25) is 4.79 Å². The summed E-state index contributed by atoms with van der Waals surface area (Å²) in [6, 6.07) is 10.3. The van der Waals surface area contributed by atoms with Gasteiger partial charge >= 0.3 is 0 Å². The van der Waals surface area contributed by atoms with Crippen LogP contribution in [0.5, 0.6) is 0 Å². The van der Waals surface area contributed by atoms with E-state index in [0.29, 0.717) is 20.7 Å². The second kappa shape index (κ2) is 4.80. The van der Waals surface area contributed by atoms with Gasteiger partial charge in [0.2, 0.25) is 5.78 Å². The Hall–Kier alpha value is -2.07. The lowest BCUT2D eigenvalue weighted by Gasteiger charge is -2.00. The molecule has 0 aliphatic rings. The number of benzene rings is 2. The number of halogens is 2. The molecule has 20 heavy (non-hydrogen) atoms. The first-order chi connectivity index (χ1) is 9.52. The van der Waals surface area contributed by atoms with Gasteiger partial charge in [0.15, 0.2) is 0 Å². The quantitative estimate of drug-likeness (QED) is 0.624. The molecular weight excluding hydrogens is 278 g/mol. The monoisotopic (exact) mass is 288 g/mol. The zero-order valence-corrected chi connectivity index (χ0v) is 11.4. The van der Waals surface area contributed by atoms with Gasteiger partial charge < -0.3 is 0 Å². The van der Waals surface area contributed by atoms with Gasteiger partial charge in [0, 0.05) is 10.3 Å². The van der Waals surface area contributed by atoms with E-state index in [9.17, 15) is 13.6 Å². The number of ketones is 1. The highest BCUT2D eigenvalue weighted by molar-refractivity contribution is 7.21. The normalized spacial score (nSPS) is 10.9. The summed E-state index contributed by atoms with van der Waals surface area (Å²) in [5.41, 5.74) is 1.01. The largest absolute Gasteiger partial charge is 0.288 e. The molecule has 1 aromatic heterocycles. The van der Waals surface area contributed by atoms with E-state index in [1.165, 1.54) is 35.6 Å². The van der Waals surface area contributed by atoms with E-state index in [1.54, 1.807) is 25.1 Å². The lowest BCUT2D eigenvalue weighted by Crippen LogP contribution is -1.99. The summed E-state index contributed by atoms with van der Waals surface area (Å²) < 4.78 is 27.2. The first-order valence-electron chi connectivity index (χ1n) is 6.04. The number of hydrogen-bond acceptors (Lipinski definition) is 2. The van der Waals surface area contributed by atoms with Crippen molar-refractivity contribution < 1.29 is 13.6 Å². The minimum absolute atomic E-state index is 0.241. The number of carbonyl (C=O) groups excluding carboxylic acids is 1. The zero-order valence-electron chi connectivity index (χ0n) is 10.6. The van der Waals surface area contributed by atoms with Crippen LogP contribution in [0.4, 0.5) is 8.78 Å². The molecule has 0 atom stereocenters. The Morgan fingerprint density at radius 1 is 1.00 bits per heavy atom. The summed E-state index contributed by atoms with van der Waals surface area (Å²) in [6.07, 6.45) is 0. The first-order valence-corrected chi connectivity index (χ1v) is 6.85. The summed E-state index contributed by atoms with van der Waals surface area (Å²) >= 11 is 1.21. The number of rotatable bonds is 2. The molecule has 0 aliphatic heterocycles. The van der Waals surface area contributed by atoms with Crippen molar-refractivity contribution in [2.75, 3.05) is 0 Å². The highest BCUT2D eigenvalue weighted by atomic mass is 32.1. The smallest absolute Gasteiger partial charge is 0.203 e. The summed E-state index contributed by atoms with van der Waals surface area (Å²) in [5.74, 6) is -1.00. The van der Waals surface area contributed by atoms with Crippen molar-refractivity contribution in [3.8, 4) is 0 Å². The van der Waals surface area contributed by atoms with E-state index in [-0.39, 0.29) is 11.6 Å². The molecule has 0 radical (unpaired) electrons. The van der Waals surface area contributed by atoms with Crippen LogP contribution in [0.2, 0.25) is 0 Å². The van der Waals surface area contributed by atoms with E-state index in [4.69, 9.17) is 0 Å². The maximum absolute atomic E-state index is 13.4. The minimum atomic E-state index is -0.430. The molecule has 1 heterocycles. The van der Waals surface area contributed by atoms with Crippen molar-refractivity contribution in [3.05, 3.63) is 70.1 Å². The molecule has 100 valence electrons. The molecule has 0 fully saturated rings. The van der Waals surface area contributed by atoms with Gasteiger partial charge in [0.05, 0.1) is 4.88 Å². The molecule has 3 rings (SSSR count). The van der Waals surface area contributed by atoms with Crippen LogP contribution in [0.1, 0.15) is 20.8 Å². The van der Waals surface area contributed by atoms with E-state index in [0.717, 1.165) is 5.39 Å². The third-order valence-corrected chi connectivity index (χ3v) is 4.11. The Morgan fingerprint density at radius 3 is 2.55 bits per heavy atom. The molecule has 0 N–H and O–H groups in total. The van der Waals surface area contributed by atoms with E-state index in [2.05, 4.69) is 0 Å². The Kier molecular flexibility index (Phi) is 3.10. The molecular formula is C16H10F2OS. The van der Waals surface area contributed by atoms with Crippen LogP contribution in [0.25, 0.3) is 10.1 Å². The average Bonchev–Trinajstić information content (AvgIpc) is 2.79. The van der Waals surface area contributed by atoms with Gasteiger partial charge in [0.25, 0.3) is 0 Å². The molecule has 0 aliphatic carbocycles. The molecule has 0 unspecified atom stereocenters. The summed E-state index contributed by atoms with van der Waals surface area (Å²) in [7, 11) is 0. The number of carbonyl (C=O) groups is 1. The van der Waals surface area contributed by atoms with E-state index in [1.807, 2.05) is 0 Å². The van der Waals surface area contributed by atoms with Gasteiger partial charge in [-0.25, -0.2) is 8.78 Å². The Bertz CT molecular complexity index is 800. The first kappa shape index (κ1) is 12.9. The predicted octanol–water partition coefficient (Wildman–Crippen LogP) is 4.72. The lowest BCUT2D eigenvalue weighted by atomic mass is 10.1. The maximum atomic E-state index is 13.4. The van der Waals surface area contributed by atoms with Crippen molar-refractivity contribution in [2.45, 2.75) is 6.92 Å². The van der Waals surface area contributed by atoms with Gasteiger partial charge in [0.1, 0.15) is 11.6 Å². The van der Waals surface area contributed by atoms with Gasteiger partial charge in [-0.15, -0.1) is 11.3 Å². The van der Waals surface area contributed by atoms with Crippen LogP contribution < -0.4 is 0 Å². The highest BCUT2D eigenvalue weighted by Crippen LogP contribution is 2.28. The second-order valence-electron chi connectivity index (χ2n) is 4.64. The van der Waals surface area contributed by atoms with Crippen LogP contribution in [0, 0.1) is 18.6 Å². The van der Waals surface area contributed by atoms with Crippen molar-refractivity contribution in [3.63, 3.8) is 0 Å². The zero-order chi connectivity index (χ0) is 14.3. The summed E-state index contributed by atoms with van der Waals surface area (Å²) in [6.45, 7) is 1.74. The van der Waals surface area contributed by atoms with Crippen molar-refractivity contribution in [2.24, 2.45) is 0 Å². The van der Waals surface area contributed by atoms with Crippen LogP contribution in [-0.4, -0.2) is 5.78 Å². The fraction of sp³-hybridized carbons (Fsp3) is 0.0625. The topological polar surface area (TPSA) is 17.1 Å². The number of hydrogen-bond donors (Lipinski definition) is 0. The molecule has 0 saturated carbocycles. The van der Waals surface area contributed by atoms with Crippen LogP contribution in [0.15, 0.2) is 42.5 Å². The predicted molar refractivity (Wildman–Crippen MR) is 76.4 cm³/mol. The Morgan fingerprint density at radius 2 is 1.80 bits per heavy atom. The highest BCUT2D eigenvalue weighted by Gasteiger charge is 2.14. The Balaban J connectivity index is 2.07. The molecule has 0 amide bonds. The molecule has 4 heteroatoms. The molecule has 0 bridgehead atoms. The molecule has 0 saturated heterocycles. The van der Waals surface area contributed by atoms with Crippen molar-refractivity contribution in [1.82, 2.24) is 0 Å². The van der Waals surface area contributed by atoms with Crippen LogP contribution in [-0.2, 0) is 0 Å². The molecule has 2 aromatic carbocycles.